The fourth-order valence-electron chi connectivity index (χ4n) is 2.33. The van der Waals surface area contributed by atoms with Crippen LogP contribution in [-0.2, 0) is 4.74 Å². The van der Waals surface area contributed by atoms with Gasteiger partial charge in [-0.25, -0.2) is 4.39 Å². The van der Waals surface area contributed by atoms with Crippen LogP contribution in [0.5, 0.6) is 0 Å². The molecule has 1 aromatic rings. The van der Waals surface area contributed by atoms with Crippen LogP contribution in [0.2, 0.25) is 0 Å². The second-order valence-corrected chi connectivity index (χ2v) is 6.64. The zero-order chi connectivity index (χ0) is 14.4. The van der Waals surface area contributed by atoms with Crippen molar-refractivity contribution < 1.29 is 9.13 Å². The van der Waals surface area contributed by atoms with E-state index in [0.29, 0.717) is 5.25 Å². The molecule has 0 aromatic heterocycles. The first-order valence-electron chi connectivity index (χ1n) is 7.48. The summed E-state index contributed by atoms with van der Waals surface area (Å²) in [4.78, 5) is 0.767. The third-order valence-electron chi connectivity index (χ3n) is 3.62. The number of halogens is 1. The first-order chi connectivity index (χ1) is 9.70. The number of rotatable bonds is 6. The summed E-state index contributed by atoms with van der Waals surface area (Å²) in [5.41, 5.74) is 1.02. The normalized spacial score (nSPS) is 18.1. The molecule has 0 spiro atoms. The number of hydrogen-bond donors (Lipinski definition) is 1. The Morgan fingerprint density at radius 1 is 1.40 bits per heavy atom. The molecule has 1 atom stereocenters. The molecule has 1 aliphatic rings. The van der Waals surface area contributed by atoms with Gasteiger partial charge in [0, 0.05) is 29.4 Å². The Bertz CT molecular complexity index is 421. The van der Waals surface area contributed by atoms with Crippen LogP contribution in [0.15, 0.2) is 23.1 Å². The van der Waals surface area contributed by atoms with Gasteiger partial charge in [0.15, 0.2) is 0 Å². The van der Waals surface area contributed by atoms with E-state index in [4.69, 9.17) is 4.74 Å². The highest BCUT2D eigenvalue weighted by Gasteiger charge is 2.17. The van der Waals surface area contributed by atoms with Crippen LogP contribution < -0.4 is 5.32 Å². The fraction of sp³-hybridized carbons (Fsp3) is 0.625. The molecule has 0 bridgehead atoms. The van der Waals surface area contributed by atoms with Gasteiger partial charge in [-0.1, -0.05) is 13.0 Å². The van der Waals surface area contributed by atoms with Gasteiger partial charge < -0.3 is 10.1 Å². The highest BCUT2D eigenvalue weighted by atomic mass is 32.2. The number of benzene rings is 1. The maximum Gasteiger partial charge on any atom is 0.137 e. The maximum absolute atomic E-state index is 14.2. The summed E-state index contributed by atoms with van der Waals surface area (Å²) in [7, 11) is 0. The van der Waals surface area contributed by atoms with Crippen LogP contribution in [0.25, 0.3) is 0 Å². The third-order valence-corrected chi connectivity index (χ3v) is 5.01. The second kappa shape index (κ2) is 8.01. The first-order valence-corrected chi connectivity index (χ1v) is 8.36. The lowest BCUT2D eigenvalue weighted by atomic mass is 10.1. The number of hydrogen-bond acceptors (Lipinski definition) is 3. The second-order valence-electron chi connectivity index (χ2n) is 5.30. The van der Waals surface area contributed by atoms with Gasteiger partial charge in [-0.2, -0.15) is 0 Å². The SMILES string of the molecule is CCCNC(C)c1ccc(SC2CCOCC2)c(F)c1. The molecule has 2 nitrogen and oxygen atoms in total. The van der Waals surface area contributed by atoms with E-state index in [0.717, 1.165) is 49.5 Å². The van der Waals surface area contributed by atoms with E-state index in [9.17, 15) is 4.39 Å². The fourth-order valence-corrected chi connectivity index (χ4v) is 3.44. The van der Waals surface area contributed by atoms with E-state index >= 15 is 0 Å². The number of ether oxygens (including phenoxy) is 1. The molecule has 1 aromatic carbocycles. The van der Waals surface area contributed by atoms with Crippen LogP contribution in [0, 0.1) is 5.82 Å². The van der Waals surface area contributed by atoms with Crippen molar-refractivity contribution in [3.05, 3.63) is 29.6 Å². The lowest BCUT2D eigenvalue weighted by Crippen LogP contribution is -2.19. The molecule has 20 heavy (non-hydrogen) atoms. The van der Waals surface area contributed by atoms with E-state index in [1.165, 1.54) is 0 Å². The molecule has 0 aliphatic carbocycles. The minimum absolute atomic E-state index is 0.0934. The largest absolute Gasteiger partial charge is 0.381 e. The molecular weight excluding hydrogens is 273 g/mol. The van der Waals surface area contributed by atoms with Crippen LogP contribution in [0.3, 0.4) is 0 Å². The molecule has 0 saturated carbocycles. The van der Waals surface area contributed by atoms with Crippen molar-refractivity contribution in [2.45, 2.75) is 49.3 Å². The maximum atomic E-state index is 14.2. The quantitative estimate of drug-likeness (QED) is 0.852. The van der Waals surface area contributed by atoms with E-state index in [2.05, 4.69) is 19.2 Å². The van der Waals surface area contributed by atoms with Gasteiger partial charge >= 0.3 is 0 Å². The standard InChI is InChI=1S/C16H24FNOS/c1-3-8-18-12(2)13-4-5-16(15(17)11-13)20-14-6-9-19-10-7-14/h4-5,11-12,14,18H,3,6-10H2,1-2H3. The van der Waals surface area contributed by atoms with Gasteiger partial charge in [-0.15, -0.1) is 11.8 Å². The Morgan fingerprint density at radius 3 is 2.80 bits per heavy atom. The van der Waals surface area contributed by atoms with Crippen molar-refractivity contribution in [3.63, 3.8) is 0 Å². The smallest absolute Gasteiger partial charge is 0.137 e. The molecule has 1 heterocycles. The summed E-state index contributed by atoms with van der Waals surface area (Å²) in [6, 6.07) is 5.84. The predicted octanol–water partition coefficient (Wildman–Crippen LogP) is 4.16. The minimum Gasteiger partial charge on any atom is -0.381 e. The monoisotopic (exact) mass is 297 g/mol. The molecule has 112 valence electrons. The van der Waals surface area contributed by atoms with E-state index in [1.807, 2.05) is 12.1 Å². The van der Waals surface area contributed by atoms with Gasteiger partial charge in [0.25, 0.3) is 0 Å². The Morgan fingerprint density at radius 2 is 2.15 bits per heavy atom. The van der Waals surface area contributed by atoms with Gasteiger partial charge in [0.1, 0.15) is 5.82 Å². The van der Waals surface area contributed by atoms with Crippen molar-refractivity contribution in [1.82, 2.24) is 5.32 Å². The highest BCUT2D eigenvalue weighted by Crippen LogP contribution is 2.32. The molecule has 1 N–H and O–H groups in total. The molecule has 1 aliphatic heterocycles. The van der Waals surface area contributed by atoms with Crippen molar-refractivity contribution in [1.29, 1.82) is 0 Å². The molecule has 0 radical (unpaired) electrons. The van der Waals surface area contributed by atoms with Crippen LogP contribution >= 0.6 is 11.8 Å². The lowest BCUT2D eigenvalue weighted by Gasteiger charge is -2.22. The lowest BCUT2D eigenvalue weighted by molar-refractivity contribution is 0.1000. The van der Waals surface area contributed by atoms with E-state index < -0.39 is 0 Å². The molecule has 0 amide bonds. The van der Waals surface area contributed by atoms with Crippen molar-refractivity contribution >= 4 is 11.8 Å². The Balaban J connectivity index is 1.97. The van der Waals surface area contributed by atoms with E-state index in [1.54, 1.807) is 17.8 Å². The summed E-state index contributed by atoms with van der Waals surface area (Å²) in [5, 5.41) is 3.87. The summed E-state index contributed by atoms with van der Waals surface area (Å²) in [6.07, 6.45) is 3.12. The molecule has 1 fully saturated rings. The summed E-state index contributed by atoms with van der Waals surface area (Å²) in [5.74, 6) is -0.0934. The van der Waals surface area contributed by atoms with Crippen LogP contribution in [0.4, 0.5) is 4.39 Å². The topological polar surface area (TPSA) is 21.3 Å². The number of thioether (sulfide) groups is 1. The summed E-state index contributed by atoms with van der Waals surface area (Å²) < 4.78 is 19.5. The zero-order valence-electron chi connectivity index (χ0n) is 12.3. The Kier molecular flexibility index (Phi) is 6.33. The third kappa shape index (κ3) is 4.47. The highest BCUT2D eigenvalue weighted by molar-refractivity contribution is 8.00. The van der Waals surface area contributed by atoms with Gasteiger partial charge in [0.2, 0.25) is 0 Å². The van der Waals surface area contributed by atoms with Gasteiger partial charge in [-0.05, 0) is 50.4 Å². The average Bonchev–Trinajstić information content (AvgIpc) is 2.48. The molecule has 2 rings (SSSR count). The van der Waals surface area contributed by atoms with Crippen molar-refractivity contribution in [2.24, 2.45) is 0 Å². The summed E-state index contributed by atoms with van der Waals surface area (Å²) in [6.45, 7) is 6.77. The van der Waals surface area contributed by atoms with Crippen LogP contribution in [-0.4, -0.2) is 25.0 Å². The molecule has 4 heteroatoms. The number of nitrogens with one attached hydrogen (secondary N) is 1. The van der Waals surface area contributed by atoms with E-state index in [-0.39, 0.29) is 11.9 Å². The van der Waals surface area contributed by atoms with Crippen LogP contribution in [0.1, 0.15) is 44.7 Å². The van der Waals surface area contributed by atoms with Gasteiger partial charge in [-0.3, -0.25) is 0 Å². The Labute approximate surface area is 125 Å². The predicted molar refractivity (Wildman–Crippen MR) is 82.8 cm³/mol. The molecule has 1 unspecified atom stereocenters. The summed E-state index contributed by atoms with van der Waals surface area (Å²) >= 11 is 1.65. The minimum atomic E-state index is -0.0934. The van der Waals surface area contributed by atoms with Gasteiger partial charge in [0.05, 0.1) is 0 Å². The average molecular weight is 297 g/mol. The van der Waals surface area contributed by atoms with Crippen molar-refractivity contribution in [2.75, 3.05) is 19.8 Å². The first kappa shape index (κ1) is 15.8. The Hall–Kier alpha value is -0.580. The zero-order valence-corrected chi connectivity index (χ0v) is 13.1. The molecule has 1 saturated heterocycles. The van der Waals surface area contributed by atoms with Crippen molar-refractivity contribution in [3.8, 4) is 0 Å². The molecular formula is C16H24FNOS.